The molecule has 0 unspecified atom stereocenters. The standard InChI is InChI=1S/C23H34N2O2/c1-17(18-9-5-3-6-10-18)25(2)23(27)20-13-15-21(16-14-20)24-22(26)19-11-7-4-8-12-19/h13-19H,3-12H2,1-2H3,(H,24,26)/t17-/m1/s1. The third-order valence-corrected chi connectivity index (χ3v) is 6.64. The molecule has 0 spiro atoms. The van der Waals surface area contributed by atoms with Gasteiger partial charge >= 0.3 is 0 Å². The van der Waals surface area contributed by atoms with Crippen molar-refractivity contribution in [2.24, 2.45) is 11.8 Å². The average molecular weight is 371 g/mol. The Morgan fingerprint density at radius 1 is 0.926 bits per heavy atom. The second-order valence-electron chi connectivity index (χ2n) is 8.46. The summed E-state index contributed by atoms with van der Waals surface area (Å²) in [5, 5.41) is 3.02. The second kappa shape index (κ2) is 9.38. The van der Waals surface area contributed by atoms with Crippen LogP contribution in [0.3, 0.4) is 0 Å². The number of rotatable bonds is 5. The zero-order chi connectivity index (χ0) is 19.2. The molecule has 148 valence electrons. The van der Waals surface area contributed by atoms with E-state index >= 15 is 0 Å². The Balaban J connectivity index is 1.56. The van der Waals surface area contributed by atoms with E-state index in [1.54, 1.807) is 0 Å². The highest BCUT2D eigenvalue weighted by atomic mass is 16.2. The van der Waals surface area contributed by atoms with Crippen molar-refractivity contribution in [1.82, 2.24) is 4.90 Å². The SMILES string of the molecule is C[C@H](C1CCCCC1)N(C)C(=O)c1ccc(NC(=O)C2CCCCC2)cc1. The molecule has 1 atom stereocenters. The number of carbonyl (C=O) groups excluding carboxylic acids is 2. The maximum Gasteiger partial charge on any atom is 0.253 e. The van der Waals surface area contributed by atoms with Gasteiger partial charge in [0.25, 0.3) is 5.91 Å². The van der Waals surface area contributed by atoms with Crippen LogP contribution in [-0.2, 0) is 4.79 Å². The molecular weight excluding hydrogens is 336 g/mol. The van der Waals surface area contributed by atoms with Gasteiger partial charge in [-0.05, 0) is 62.8 Å². The Morgan fingerprint density at radius 3 is 2.07 bits per heavy atom. The molecule has 2 aliphatic carbocycles. The van der Waals surface area contributed by atoms with Crippen LogP contribution in [0.25, 0.3) is 0 Å². The first-order valence-corrected chi connectivity index (χ1v) is 10.7. The lowest BCUT2D eigenvalue weighted by molar-refractivity contribution is -0.120. The molecular formula is C23H34N2O2. The number of nitrogens with zero attached hydrogens (tertiary/aromatic N) is 1. The third kappa shape index (κ3) is 5.12. The average Bonchev–Trinajstić information content (AvgIpc) is 2.74. The number of hydrogen-bond donors (Lipinski definition) is 1. The third-order valence-electron chi connectivity index (χ3n) is 6.64. The van der Waals surface area contributed by atoms with Gasteiger partial charge in [0.1, 0.15) is 0 Å². The molecule has 1 aromatic rings. The predicted octanol–water partition coefficient (Wildman–Crippen LogP) is 5.25. The molecule has 2 fully saturated rings. The number of anilines is 1. The van der Waals surface area contributed by atoms with E-state index in [-0.39, 0.29) is 23.8 Å². The van der Waals surface area contributed by atoms with Crippen LogP contribution in [-0.4, -0.2) is 29.8 Å². The van der Waals surface area contributed by atoms with Gasteiger partial charge in [-0.2, -0.15) is 0 Å². The highest BCUT2D eigenvalue weighted by molar-refractivity contribution is 5.96. The lowest BCUT2D eigenvalue weighted by Crippen LogP contribution is -2.40. The van der Waals surface area contributed by atoms with Crippen LogP contribution < -0.4 is 5.32 Å². The molecule has 0 bridgehead atoms. The molecule has 0 aromatic heterocycles. The lowest BCUT2D eigenvalue weighted by Gasteiger charge is -2.34. The Bertz CT molecular complexity index is 628. The van der Waals surface area contributed by atoms with Gasteiger partial charge in [0, 0.05) is 30.3 Å². The smallest absolute Gasteiger partial charge is 0.253 e. The van der Waals surface area contributed by atoms with E-state index in [0.717, 1.165) is 31.4 Å². The molecule has 0 heterocycles. The van der Waals surface area contributed by atoms with Crippen molar-refractivity contribution < 1.29 is 9.59 Å². The van der Waals surface area contributed by atoms with Crippen LogP contribution in [0.15, 0.2) is 24.3 Å². The minimum atomic E-state index is 0.0678. The number of carbonyl (C=O) groups is 2. The minimum Gasteiger partial charge on any atom is -0.339 e. The van der Waals surface area contributed by atoms with E-state index in [2.05, 4.69) is 12.2 Å². The van der Waals surface area contributed by atoms with Crippen LogP contribution in [0.5, 0.6) is 0 Å². The fourth-order valence-electron chi connectivity index (χ4n) is 4.63. The molecule has 4 heteroatoms. The van der Waals surface area contributed by atoms with Crippen molar-refractivity contribution in [2.45, 2.75) is 77.2 Å². The number of benzene rings is 1. The summed E-state index contributed by atoms with van der Waals surface area (Å²) in [5.74, 6) is 0.944. The summed E-state index contributed by atoms with van der Waals surface area (Å²) in [5.41, 5.74) is 1.47. The Hall–Kier alpha value is -1.84. The zero-order valence-electron chi connectivity index (χ0n) is 16.9. The highest BCUT2D eigenvalue weighted by Gasteiger charge is 2.26. The van der Waals surface area contributed by atoms with Crippen molar-refractivity contribution in [3.8, 4) is 0 Å². The summed E-state index contributed by atoms with van der Waals surface area (Å²) in [4.78, 5) is 27.1. The molecule has 1 N–H and O–H groups in total. The van der Waals surface area contributed by atoms with Gasteiger partial charge in [-0.1, -0.05) is 38.5 Å². The Morgan fingerprint density at radius 2 is 1.48 bits per heavy atom. The summed E-state index contributed by atoms with van der Waals surface area (Å²) in [6.45, 7) is 2.17. The molecule has 3 rings (SSSR count). The fourth-order valence-corrected chi connectivity index (χ4v) is 4.63. The monoisotopic (exact) mass is 370 g/mol. The van der Waals surface area contributed by atoms with Gasteiger partial charge in [-0.25, -0.2) is 0 Å². The summed E-state index contributed by atoms with van der Waals surface area (Å²) in [6, 6.07) is 7.65. The molecule has 2 saturated carbocycles. The van der Waals surface area contributed by atoms with E-state index in [9.17, 15) is 9.59 Å². The first-order valence-electron chi connectivity index (χ1n) is 10.7. The summed E-state index contributed by atoms with van der Waals surface area (Å²) in [6.07, 6.45) is 11.9. The summed E-state index contributed by atoms with van der Waals surface area (Å²) < 4.78 is 0. The summed E-state index contributed by atoms with van der Waals surface area (Å²) in [7, 11) is 1.92. The first kappa shape index (κ1) is 19.9. The Kier molecular flexibility index (Phi) is 6.92. The van der Waals surface area contributed by atoms with Crippen molar-refractivity contribution >= 4 is 17.5 Å². The number of amides is 2. The summed E-state index contributed by atoms with van der Waals surface area (Å²) >= 11 is 0. The van der Waals surface area contributed by atoms with Gasteiger partial charge < -0.3 is 10.2 Å². The maximum absolute atomic E-state index is 12.8. The van der Waals surface area contributed by atoms with Crippen molar-refractivity contribution in [3.63, 3.8) is 0 Å². The molecule has 27 heavy (non-hydrogen) atoms. The molecule has 0 aliphatic heterocycles. The van der Waals surface area contributed by atoms with Crippen LogP contribution >= 0.6 is 0 Å². The second-order valence-corrected chi connectivity index (χ2v) is 8.46. The molecule has 2 aliphatic rings. The van der Waals surface area contributed by atoms with Gasteiger partial charge in [0.05, 0.1) is 0 Å². The zero-order valence-corrected chi connectivity index (χ0v) is 16.9. The van der Waals surface area contributed by atoms with E-state index in [1.807, 2.05) is 36.2 Å². The number of hydrogen-bond acceptors (Lipinski definition) is 2. The first-order chi connectivity index (χ1) is 13.1. The quantitative estimate of drug-likeness (QED) is 0.770. The molecule has 4 nitrogen and oxygen atoms in total. The van der Waals surface area contributed by atoms with Gasteiger partial charge in [-0.15, -0.1) is 0 Å². The minimum absolute atomic E-state index is 0.0678. The van der Waals surface area contributed by atoms with Crippen LogP contribution in [0.1, 0.15) is 81.5 Å². The molecule has 2 amide bonds. The van der Waals surface area contributed by atoms with Crippen LogP contribution in [0, 0.1) is 11.8 Å². The van der Waals surface area contributed by atoms with Crippen LogP contribution in [0.2, 0.25) is 0 Å². The van der Waals surface area contributed by atoms with Gasteiger partial charge in [-0.3, -0.25) is 9.59 Å². The highest BCUT2D eigenvalue weighted by Crippen LogP contribution is 2.29. The van der Waals surface area contributed by atoms with E-state index in [4.69, 9.17) is 0 Å². The largest absolute Gasteiger partial charge is 0.339 e. The van der Waals surface area contributed by atoms with E-state index in [1.165, 1.54) is 38.5 Å². The normalized spacial score (nSPS) is 20.1. The lowest BCUT2D eigenvalue weighted by atomic mass is 9.84. The predicted molar refractivity (Wildman–Crippen MR) is 110 cm³/mol. The van der Waals surface area contributed by atoms with Gasteiger partial charge in [0.15, 0.2) is 0 Å². The Labute approximate surface area is 163 Å². The molecule has 0 saturated heterocycles. The fraction of sp³-hybridized carbons (Fsp3) is 0.652. The van der Waals surface area contributed by atoms with Crippen molar-refractivity contribution in [1.29, 1.82) is 0 Å². The van der Waals surface area contributed by atoms with Crippen molar-refractivity contribution in [3.05, 3.63) is 29.8 Å². The topological polar surface area (TPSA) is 49.4 Å². The van der Waals surface area contributed by atoms with E-state index in [0.29, 0.717) is 11.5 Å². The maximum atomic E-state index is 12.8. The van der Waals surface area contributed by atoms with Crippen LogP contribution in [0.4, 0.5) is 5.69 Å². The van der Waals surface area contributed by atoms with Gasteiger partial charge in [0.2, 0.25) is 5.91 Å². The molecule has 0 radical (unpaired) electrons. The number of nitrogens with one attached hydrogen (secondary N) is 1. The van der Waals surface area contributed by atoms with Crippen molar-refractivity contribution in [2.75, 3.05) is 12.4 Å². The molecule has 1 aromatic carbocycles. The van der Waals surface area contributed by atoms with E-state index < -0.39 is 0 Å².